The van der Waals surface area contributed by atoms with Crippen LogP contribution in [0.1, 0.15) is 31.1 Å². The van der Waals surface area contributed by atoms with Crippen molar-refractivity contribution in [1.29, 1.82) is 0 Å². The van der Waals surface area contributed by atoms with Crippen molar-refractivity contribution >= 4 is 23.4 Å². The van der Waals surface area contributed by atoms with Crippen LogP contribution in [0, 0.1) is 11.6 Å². The van der Waals surface area contributed by atoms with Crippen LogP contribution in [0.15, 0.2) is 53.9 Å². The molecule has 0 bridgehead atoms. The Morgan fingerprint density at radius 3 is 2.75 bits per heavy atom. The SMILES string of the molecule is CC(C)Sc1ncnn1CC1(c2ccc(F)cc2F)OC1c1ccccc1Cl. The molecule has 2 unspecified atom stereocenters. The van der Waals surface area contributed by atoms with Crippen LogP contribution < -0.4 is 0 Å². The monoisotopic (exact) mass is 421 g/mol. The van der Waals surface area contributed by atoms with Crippen molar-refractivity contribution in [3.63, 3.8) is 0 Å². The van der Waals surface area contributed by atoms with Gasteiger partial charge < -0.3 is 4.74 Å². The maximum atomic E-state index is 14.7. The first kappa shape index (κ1) is 19.4. The molecule has 1 aromatic heterocycles. The molecule has 1 fully saturated rings. The molecule has 1 aliphatic rings. The second kappa shape index (κ2) is 7.46. The van der Waals surface area contributed by atoms with Gasteiger partial charge in [0.15, 0.2) is 5.16 Å². The number of thioether (sulfide) groups is 1. The molecule has 146 valence electrons. The van der Waals surface area contributed by atoms with E-state index in [2.05, 4.69) is 23.9 Å². The van der Waals surface area contributed by atoms with Gasteiger partial charge in [-0.25, -0.2) is 18.4 Å². The second-order valence-electron chi connectivity index (χ2n) is 6.90. The number of hydrogen-bond acceptors (Lipinski definition) is 4. The molecule has 2 heterocycles. The molecule has 2 aromatic carbocycles. The van der Waals surface area contributed by atoms with E-state index in [9.17, 15) is 8.78 Å². The lowest BCUT2D eigenvalue weighted by Gasteiger charge is -2.17. The summed E-state index contributed by atoms with van der Waals surface area (Å²) in [6.45, 7) is 4.35. The molecule has 0 aliphatic carbocycles. The zero-order valence-corrected chi connectivity index (χ0v) is 16.8. The fraction of sp³-hybridized carbons (Fsp3) is 0.300. The lowest BCUT2D eigenvalue weighted by atomic mass is 9.91. The molecule has 28 heavy (non-hydrogen) atoms. The third-order valence-corrected chi connectivity index (χ3v) is 5.92. The summed E-state index contributed by atoms with van der Waals surface area (Å²) in [7, 11) is 0. The van der Waals surface area contributed by atoms with E-state index >= 15 is 0 Å². The van der Waals surface area contributed by atoms with Gasteiger partial charge >= 0.3 is 0 Å². The minimum Gasteiger partial charge on any atom is -0.354 e. The molecule has 1 aliphatic heterocycles. The minimum absolute atomic E-state index is 0.237. The lowest BCUT2D eigenvalue weighted by Crippen LogP contribution is -2.22. The van der Waals surface area contributed by atoms with Crippen LogP contribution in [0.3, 0.4) is 0 Å². The first-order valence-electron chi connectivity index (χ1n) is 8.83. The standard InChI is InChI=1S/C20H18ClF2N3OS/c1-12(2)28-19-24-11-25-26(19)10-20(15-8-7-13(22)9-17(15)23)18(27-20)14-5-3-4-6-16(14)21/h3-9,11-12,18H,10H2,1-2H3. The van der Waals surface area contributed by atoms with E-state index < -0.39 is 23.3 Å². The molecule has 0 N–H and O–H groups in total. The van der Waals surface area contributed by atoms with E-state index in [-0.39, 0.29) is 12.1 Å². The number of hydrogen-bond donors (Lipinski definition) is 0. The third kappa shape index (κ3) is 3.54. The molecular formula is C20H18ClF2N3OS. The van der Waals surface area contributed by atoms with Gasteiger partial charge in [0.1, 0.15) is 29.7 Å². The fourth-order valence-corrected chi connectivity index (χ4v) is 4.31. The Kier molecular flexibility index (Phi) is 5.16. The molecule has 0 spiro atoms. The molecule has 0 amide bonds. The number of aromatic nitrogens is 3. The summed E-state index contributed by atoms with van der Waals surface area (Å²) in [5.41, 5.74) is -0.0103. The summed E-state index contributed by atoms with van der Waals surface area (Å²) < 4.78 is 36.0. The summed E-state index contributed by atoms with van der Waals surface area (Å²) in [4.78, 5) is 4.29. The van der Waals surface area contributed by atoms with Crippen LogP contribution >= 0.6 is 23.4 Å². The number of epoxide rings is 1. The van der Waals surface area contributed by atoms with Gasteiger partial charge in [-0.1, -0.05) is 61.5 Å². The van der Waals surface area contributed by atoms with Crippen molar-refractivity contribution in [2.24, 2.45) is 0 Å². The Morgan fingerprint density at radius 1 is 1.25 bits per heavy atom. The van der Waals surface area contributed by atoms with Crippen molar-refractivity contribution in [2.75, 3.05) is 0 Å². The van der Waals surface area contributed by atoms with E-state index in [1.165, 1.54) is 18.5 Å². The summed E-state index contributed by atoms with van der Waals surface area (Å²) in [6, 6.07) is 10.8. The highest BCUT2D eigenvalue weighted by molar-refractivity contribution is 7.99. The molecule has 0 saturated carbocycles. The van der Waals surface area contributed by atoms with Crippen LogP contribution in [0.4, 0.5) is 8.78 Å². The van der Waals surface area contributed by atoms with Gasteiger partial charge in [0.05, 0.1) is 6.54 Å². The zero-order valence-electron chi connectivity index (χ0n) is 15.3. The number of benzene rings is 2. The maximum Gasteiger partial charge on any atom is 0.186 e. The largest absolute Gasteiger partial charge is 0.354 e. The van der Waals surface area contributed by atoms with Gasteiger partial charge in [-0.15, -0.1) is 0 Å². The van der Waals surface area contributed by atoms with Crippen LogP contribution in [-0.2, 0) is 16.9 Å². The molecule has 4 nitrogen and oxygen atoms in total. The molecular weight excluding hydrogens is 404 g/mol. The summed E-state index contributed by atoms with van der Waals surface area (Å²) >= 11 is 7.90. The smallest absolute Gasteiger partial charge is 0.186 e. The highest BCUT2D eigenvalue weighted by Gasteiger charge is 2.61. The molecule has 0 radical (unpaired) electrons. The summed E-state index contributed by atoms with van der Waals surface area (Å²) in [6.07, 6.45) is 0.994. The van der Waals surface area contributed by atoms with Crippen LogP contribution in [0.25, 0.3) is 0 Å². The fourth-order valence-electron chi connectivity index (χ4n) is 3.31. The quantitative estimate of drug-likeness (QED) is 0.396. The average molecular weight is 422 g/mol. The predicted octanol–water partition coefficient (Wildman–Crippen LogP) is 5.38. The van der Waals surface area contributed by atoms with E-state index in [0.717, 1.165) is 11.6 Å². The highest BCUT2D eigenvalue weighted by Crippen LogP contribution is 2.59. The van der Waals surface area contributed by atoms with E-state index in [4.69, 9.17) is 16.3 Å². The first-order chi connectivity index (χ1) is 13.4. The van der Waals surface area contributed by atoms with Crippen molar-refractivity contribution in [3.05, 3.63) is 76.6 Å². The highest BCUT2D eigenvalue weighted by atomic mass is 35.5. The Balaban J connectivity index is 1.76. The second-order valence-corrected chi connectivity index (χ2v) is 8.85. The molecule has 1 saturated heterocycles. The maximum absolute atomic E-state index is 14.7. The van der Waals surface area contributed by atoms with Crippen molar-refractivity contribution in [2.45, 2.75) is 42.5 Å². The number of halogens is 3. The zero-order chi connectivity index (χ0) is 19.9. The minimum atomic E-state index is -1.04. The molecule has 4 rings (SSSR count). The number of rotatable bonds is 6. The van der Waals surface area contributed by atoms with Gasteiger partial charge in [0, 0.05) is 27.5 Å². The van der Waals surface area contributed by atoms with Gasteiger partial charge in [0.2, 0.25) is 0 Å². The van der Waals surface area contributed by atoms with E-state index in [0.29, 0.717) is 15.4 Å². The predicted molar refractivity (Wildman–Crippen MR) is 104 cm³/mol. The van der Waals surface area contributed by atoms with E-state index in [1.807, 2.05) is 18.2 Å². The van der Waals surface area contributed by atoms with Crippen molar-refractivity contribution in [1.82, 2.24) is 14.8 Å². The first-order valence-corrected chi connectivity index (χ1v) is 10.1. The van der Waals surface area contributed by atoms with Gasteiger partial charge in [-0.2, -0.15) is 5.10 Å². The molecule has 3 aromatic rings. The number of nitrogens with zero attached hydrogens (tertiary/aromatic N) is 3. The topological polar surface area (TPSA) is 43.2 Å². The van der Waals surface area contributed by atoms with Crippen LogP contribution in [0.5, 0.6) is 0 Å². The Bertz CT molecular complexity index is 1010. The summed E-state index contributed by atoms with van der Waals surface area (Å²) in [5, 5.41) is 5.85. The van der Waals surface area contributed by atoms with E-state index in [1.54, 1.807) is 22.5 Å². The Hall–Kier alpha value is -1.96. The Labute approximate surface area is 170 Å². The van der Waals surface area contributed by atoms with Crippen molar-refractivity contribution in [3.8, 4) is 0 Å². The lowest BCUT2D eigenvalue weighted by molar-refractivity contribution is 0.250. The average Bonchev–Trinajstić information content (AvgIpc) is 3.18. The number of ether oxygens (including phenoxy) is 1. The Morgan fingerprint density at radius 2 is 2.04 bits per heavy atom. The third-order valence-electron chi connectivity index (χ3n) is 4.57. The molecule has 2 atom stereocenters. The van der Waals surface area contributed by atoms with Crippen LogP contribution in [0.2, 0.25) is 5.02 Å². The van der Waals surface area contributed by atoms with Crippen molar-refractivity contribution < 1.29 is 13.5 Å². The van der Waals surface area contributed by atoms with Gasteiger partial charge in [0.25, 0.3) is 0 Å². The van der Waals surface area contributed by atoms with Gasteiger partial charge in [-0.05, 0) is 12.1 Å². The summed E-state index contributed by atoms with van der Waals surface area (Å²) in [5.74, 6) is -1.30. The normalized spacial score (nSPS) is 21.3. The van der Waals surface area contributed by atoms with Crippen LogP contribution in [-0.4, -0.2) is 20.0 Å². The van der Waals surface area contributed by atoms with Gasteiger partial charge in [-0.3, -0.25) is 0 Å². The molecule has 8 heteroatoms.